The molecule has 0 unspecified atom stereocenters. The number of fused-ring (bicyclic) bond motifs is 2. The number of nitrogens with one attached hydrogen (secondary N) is 2. The number of anilines is 1. The van der Waals surface area contributed by atoms with E-state index in [2.05, 4.69) is 20.3 Å². The number of thiazole rings is 1. The predicted octanol–water partition coefficient (Wildman–Crippen LogP) is 2.68. The maximum absolute atomic E-state index is 12.4. The van der Waals surface area contributed by atoms with E-state index in [1.54, 1.807) is 23.5 Å². The molecule has 2 heterocycles. The number of rotatable bonds is 3. The van der Waals surface area contributed by atoms with Crippen LogP contribution in [0.15, 0.2) is 42.5 Å². The number of aromatic amines is 1. The Morgan fingerprint density at radius 3 is 2.91 bits per heavy atom. The molecule has 0 aliphatic rings. The molecule has 2 aromatic carbocycles. The van der Waals surface area contributed by atoms with Crippen LogP contribution in [0.25, 0.3) is 21.3 Å². The van der Waals surface area contributed by atoms with Crippen molar-refractivity contribution >= 4 is 44.4 Å². The maximum Gasteiger partial charge on any atom is 0.253 e. The van der Waals surface area contributed by atoms with E-state index < -0.39 is 0 Å². The summed E-state index contributed by atoms with van der Waals surface area (Å²) in [6.07, 6.45) is 0. The molecule has 0 aliphatic carbocycles. The molecule has 23 heavy (non-hydrogen) atoms. The molecular weight excluding hydrogens is 310 g/mol. The van der Waals surface area contributed by atoms with E-state index in [0.717, 1.165) is 20.7 Å². The number of imidazole rings is 1. The number of benzene rings is 2. The van der Waals surface area contributed by atoms with Crippen LogP contribution in [0.1, 0.15) is 15.4 Å². The van der Waals surface area contributed by atoms with E-state index in [1.807, 2.05) is 30.3 Å². The molecule has 4 N–H and O–H groups in total. The molecule has 4 rings (SSSR count). The Labute approximate surface area is 135 Å². The van der Waals surface area contributed by atoms with Crippen molar-refractivity contribution in [3.05, 3.63) is 53.0 Å². The van der Waals surface area contributed by atoms with Gasteiger partial charge in [0.05, 0.1) is 27.8 Å². The lowest BCUT2D eigenvalue weighted by Crippen LogP contribution is -2.23. The van der Waals surface area contributed by atoms with E-state index >= 15 is 0 Å². The lowest BCUT2D eigenvalue weighted by Gasteiger charge is -2.03. The summed E-state index contributed by atoms with van der Waals surface area (Å²) < 4.78 is 1.11. The summed E-state index contributed by atoms with van der Waals surface area (Å²) in [7, 11) is 0. The number of carbonyl (C=O) groups excluding carboxylic acids is 1. The van der Waals surface area contributed by atoms with Gasteiger partial charge in [-0.05, 0) is 24.3 Å². The number of H-pyrrole nitrogens is 1. The second kappa shape index (κ2) is 5.36. The SMILES string of the molecule is Nc1nc2c(C(=O)NCc3nc4ccccc4s3)cccc2[nH]1. The zero-order chi connectivity index (χ0) is 15.8. The average molecular weight is 323 g/mol. The molecule has 0 radical (unpaired) electrons. The van der Waals surface area contributed by atoms with Crippen molar-refractivity contribution in [1.82, 2.24) is 20.3 Å². The van der Waals surface area contributed by atoms with Gasteiger partial charge in [0.1, 0.15) is 10.5 Å². The Morgan fingerprint density at radius 2 is 2.04 bits per heavy atom. The first kappa shape index (κ1) is 13.7. The highest BCUT2D eigenvalue weighted by atomic mass is 32.1. The Kier molecular flexibility index (Phi) is 3.20. The molecule has 114 valence electrons. The third-order valence-corrected chi connectivity index (χ3v) is 4.55. The fourth-order valence-electron chi connectivity index (χ4n) is 2.48. The van der Waals surface area contributed by atoms with Crippen molar-refractivity contribution in [2.24, 2.45) is 0 Å². The Bertz CT molecular complexity index is 987. The van der Waals surface area contributed by atoms with Crippen LogP contribution >= 0.6 is 11.3 Å². The smallest absolute Gasteiger partial charge is 0.253 e. The van der Waals surface area contributed by atoms with Crippen molar-refractivity contribution in [1.29, 1.82) is 0 Å². The predicted molar refractivity (Wildman–Crippen MR) is 91.3 cm³/mol. The standard InChI is InChI=1S/C16H13N5OS/c17-16-20-11-6-3-4-9(14(11)21-16)15(22)18-8-13-19-10-5-1-2-7-12(10)23-13/h1-7H,8H2,(H,18,22)(H3,17,20,21). The van der Waals surface area contributed by atoms with Gasteiger partial charge in [-0.3, -0.25) is 4.79 Å². The first-order valence-corrected chi connectivity index (χ1v) is 7.89. The van der Waals surface area contributed by atoms with Crippen molar-refractivity contribution in [2.45, 2.75) is 6.54 Å². The van der Waals surface area contributed by atoms with Crippen molar-refractivity contribution < 1.29 is 4.79 Å². The third-order valence-electron chi connectivity index (χ3n) is 3.51. The van der Waals surface area contributed by atoms with Gasteiger partial charge in [-0.15, -0.1) is 11.3 Å². The van der Waals surface area contributed by atoms with Gasteiger partial charge >= 0.3 is 0 Å². The van der Waals surface area contributed by atoms with Crippen LogP contribution in [0.2, 0.25) is 0 Å². The molecular formula is C16H13N5OS. The molecule has 0 aliphatic heterocycles. The topological polar surface area (TPSA) is 96.7 Å². The van der Waals surface area contributed by atoms with Gasteiger partial charge in [0.25, 0.3) is 5.91 Å². The quantitative estimate of drug-likeness (QED) is 0.540. The molecule has 0 atom stereocenters. The molecule has 2 aromatic heterocycles. The second-order valence-electron chi connectivity index (χ2n) is 5.08. The fraction of sp³-hybridized carbons (Fsp3) is 0.0625. The van der Waals surface area contributed by atoms with E-state index in [0.29, 0.717) is 23.6 Å². The number of amides is 1. The van der Waals surface area contributed by atoms with Gasteiger partial charge in [-0.25, -0.2) is 9.97 Å². The van der Waals surface area contributed by atoms with Gasteiger partial charge in [0, 0.05) is 0 Å². The molecule has 7 heteroatoms. The molecule has 1 amide bonds. The van der Waals surface area contributed by atoms with Gasteiger partial charge in [-0.1, -0.05) is 18.2 Å². The van der Waals surface area contributed by atoms with Crippen LogP contribution in [0.3, 0.4) is 0 Å². The summed E-state index contributed by atoms with van der Waals surface area (Å²) in [5.41, 5.74) is 8.43. The van der Waals surface area contributed by atoms with Crippen LogP contribution in [-0.4, -0.2) is 20.9 Å². The van der Waals surface area contributed by atoms with Crippen molar-refractivity contribution in [3.8, 4) is 0 Å². The number of carbonyl (C=O) groups is 1. The number of nitrogens with two attached hydrogens (primary N) is 1. The first-order chi connectivity index (χ1) is 11.2. The highest BCUT2D eigenvalue weighted by Gasteiger charge is 2.13. The lowest BCUT2D eigenvalue weighted by atomic mass is 10.1. The summed E-state index contributed by atoms with van der Waals surface area (Å²) >= 11 is 1.57. The summed E-state index contributed by atoms with van der Waals surface area (Å²) in [5.74, 6) is 0.104. The summed E-state index contributed by atoms with van der Waals surface area (Å²) in [6.45, 7) is 0.383. The lowest BCUT2D eigenvalue weighted by molar-refractivity contribution is 0.0952. The largest absolute Gasteiger partial charge is 0.369 e. The Hall–Kier alpha value is -2.93. The number of hydrogen-bond donors (Lipinski definition) is 3. The average Bonchev–Trinajstić information content (AvgIpc) is 3.13. The van der Waals surface area contributed by atoms with Gasteiger partial charge in [0.2, 0.25) is 0 Å². The molecule has 0 saturated carbocycles. The van der Waals surface area contributed by atoms with E-state index in [-0.39, 0.29) is 5.91 Å². The number of nitrogen functional groups attached to an aromatic ring is 1. The zero-order valence-electron chi connectivity index (χ0n) is 12.0. The van der Waals surface area contributed by atoms with Crippen LogP contribution < -0.4 is 11.1 Å². The normalized spacial score (nSPS) is 11.1. The molecule has 0 bridgehead atoms. The third kappa shape index (κ3) is 2.51. The summed E-state index contributed by atoms with van der Waals surface area (Å²) in [5, 5.41) is 3.76. The molecule has 0 fully saturated rings. The van der Waals surface area contributed by atoms with Crippen molar-refractivity contribution in [2.75, 3.05) is 5.73 Å². The number of para-hydroxylation sites is 2. The minimum Gasteiger partial charge on any atom is -0.369 e. The Balaban J connectivity index is 1.57. The van der Waals surface area contributed by atoms with Gasteiger partial charge in [-0.2, -0.15) is 0 Å². The summed E-state index contributed by atoms with van der Waals surface area (Å²) in [4.78, 5) is 24.0. The molecule has 4 aromatic rings. The Morgan fingerprint density at radius 1 is 1.17 bits per heavy atom. The summed E-state index contributed by atoms with van der Waals surface area (Å²) in [6, 6.07) is 13.3. The van der Waals surface area contributed by atoms with E-state index in [1.165, 1.54) is 0 Å². The maximum atomic E-state index is 12.4. The van der Waals surface area contributed by atoms with Crippen LogP contribution in [-0.2, 0) is 6.54 Å². The molecule has 0 saturated heterocycles. The van der Waals surface area contributed by atoms with Gasteiger partial charge in [0.15, 0.2) is 5.95 Å². The molecule has 6 nitrogen and oxygen atoms in total. The van der Waals surface area contributed by atoms with Crippen molar-refractivity contribution in [3.63, 3.8) is 0 Å². The number of nitrogens with zero attached hydrogens (tertiary/aromatic N) is 2. The monoisotopic (exact) mass is 323 g/mol. The zero-order valence-corrected chi connectivity index (χ0v) is 12.9. The van der Waals surface area contributed by atoms with Crippen LogP contribution in [0.4, 0.5) is 5.95 Å². The van der Waals surface area contributed by atoms with Gasteiger partial charge < -0.3 is 16.0 Å². The second-order valence-corrected chi connectivity index (χ2v) is 6.20. The molecule has 0 spiro atoms. The highest BCUT2D eigenvalue weighted by Crippen LogP contribution is 2.22. The van der Waals surface area contributed by atoms with E-state index in [9.17, 15) is 4.79 Å². The highest BCUT2D eigenvalue weighted by molar-refractivity contribution is 7.18. The fourth-order valence-corrected chi connectivity index (χ4v) is 3.39. The van der Waals surface area contributed by atoms with Crippen LogP contribution in [0, 0.1) is 0 Å². The van der Waals surface area contributed by atoms with Crippen LogP contribution in [0.5, 0.6) is 0 Å². The minimum atomic E-state index is -0.193. The van der Waals surface area contributed by atoms with E-state index in [4.69, 9.17) is 5.73 Å². The minimum absolute atomic E-state index is 0.193. The number of hydrogen-bond acceptors (Lipinski definition) is 5. The number of aromatic nitrogens is 3. The first-order valence-electron chi connectivity index (χ1n) is 7.07.